The number of thioether (sulfide) groups is 1. The molecule has 0 atom stereocenters. The molecule has 7 heteroatoms. The molecule has 0 spiro atoms. The first-order chi connectivity index (χ1) is 8.41. The molecule has 0 heterocycles. The Morgan fingerprint density at radius 3 is 2.28 bits per heavy atom. The van der Waals surface area contributed by atoms with Gasteiger partial charge in [0, 0.05) is 0 Å². The van der Waals surface area contributed by atoms with Crippen LogP contribution < -0.4 is 9.47 Å². The maximum atomic E-state index is 12.2. The summed E-state index contributed by atoms with van der Waals surface area (Å²) in [5.74, 6) is -0.602. The number of benzene rings is 1. The van der Waals surface area contributed by atoms with Crippen molar-refractivity contribution in [2.45, 2.75) is 11.1 Å². The fourth-order valence-electron chi connectivity index (χ4n) is 1.26. The quantitative estimate of drug-likeness (QED) is 0.613. The van der Waals surface area contributed by atoms with Gasteiger partial charge in [0.05, 0.1) is 30.4 Å². The maximum Gasteiger partial charge on any atom is 0.398 e. The minimum absolute atomic E-state index is 0.215. The fraction of sp³-hybridized carbons (Fsp3) is 0.364. The molecule has 100 valence electrons. The summed E-state index contributed by atoms with van der Waals surface area (Å²) in [5, 5.41) is 0. The van der Waals surface area contributed by atoms with Crippen LogP contribution in [0.4, 0.5) is 13.2 Å². The highest BCUT2D eigenvalue weighted by Crippen LogP contribution is 2.37. The zero-order valence-corrected chi connectivity index (χ0v) is 10.5. The van der Waals surface area contributed by atoms with Crippen molar-refractivity contribution in [3.8, 4) is 11.5 Å². The van der Waals surface area contributed by atoms with E-state index in [2.05, 4.69) is 0 Å². The van der Waals surface area contributed by atoms with E-state index in [1.165, 1.54) is 26.4 Å². The normalized spacial score (nSPS) is 11.2. The van der Waals surface area contributed by atoms with Crippen LogP contribution in [-0.2, 0) is 0 Å². The number of alkyl halides is 3. The van der Waals surface area contributed by atoms with Crippen LogP contribution in [0.25, 0.3) is 0 Å². The molecule has 18 heavy (non-hydrogen) atoms. The minimum Gasteiger partial charge on any atom is -0.496 e. The van der Waals surface area contributed by atoms with E-state index in [0.29, 0.717) is 18.0 Å². The van der Waals surface area contributed by atoms with Gasteiger partial charge in [0.15, 0.2) is 6.29 Å². The second-order valence-electron chi connectivity index (χ2n) is 3.27. The van der Waals surface area contributed by atoms with Crippen LogP contribution in [0.1, 0.15) is 10.4 Å². The van der Waals surface area contributed by atoms with Gasteiger partial charge in [0.2, 0.25) is 0 Å². The smallest absolute Gasteiger partial charge is 0.398 e. The second kappa shape index (κ2) is 5.99. The third-order valence-electron chi connectivity index (χ3n) is 2.03. The summed E-state index contributed by atoms with van der Waals surface area (Å²) in [4.78, 5) is 11.0. The van der Waals surface area contributed by atoms with Crippen molar-refractivity contribution in [3.05, 3.63) is 17.7 Å². The highest BCUT2D eigenvalue weighted by Gasteiger charge is 2.28. The van der Waals surface area contributed by atoms with E-state index in [1.807, 2.05) is 0 Å². The lowest BCUT2D eigenvalue weighted by Crippen LogP contribution is -2.10. The van der Waals surface area contributed by atoms with Crippen molar-refractivity contribution in [2.75, 3.05) is 20.0 Å². The average Bonchev–Trinajstić information content (AvgIpc) is 2.34. The SMILES string of the molecule is COc1cc(SCC(F)(F)F)c(OC)cc1C=O. The Bertz CT molecular complexity index is 432. The predicted molar refractivity (Wildman–Crippen MR) is 61.7 cm³/mol. The summed E-state index contributed by atoms with van der Waals surface area (Å²) in [6, 6.07) is 2.71. The van der Waals surface area contributed by atoms with E-state index < -0.39 is 11.9 Å². The van der Waals surface area contributed by atoms with Crippen molar-refractivity contribution in [3.63, 3.8) is 0 Å². The molecular weight excluding hydrogens is 269 g/mol. The number of ether oxygens (including phenoxy) is 2. The van der Waals surface area contributed by atoms with Gasteiger partial charge >= 0.3 is 6.18 Å². The first-order valence-corrected chi connectivity index (χ1v) is 5.80. The number of hydrogen-bond donors (Lipinski definition) is 0. The molecule has 0 N–H and O–H groups in total. The van der Waals surface area contributed by atoms with Gasteiger partial charge in [-0.1, -0.05) is 0 Å². The molecule has 0 radical (unpaired) electrons. The third kappa shape index (κ3) is 3.83. The molecule has 3 nitrogen and oxygen atoms in total. The van der Waals surface area contributed by atoms with Crippen molar-refractivity contribution in [2.24, 2.45) is 0 Å². The van der Waals surface area contributed by atoms with Gasteiger partial charge in [-0.3, -0.25) is 4.79 Å². The van der Waals surface area contributed by atoms with Crippen molar-refractivity contribution in [1.82, 2.24) is 0 Å². The molecule has 0 saturated heterocycles. The Hall–Kier alpha value is -1.37. The average molecular weight is 280 g/mol. The lowest BCUT2D eigenvalue weighted by molar-refractivity contribution is -0.105. The van der Waals surface area contributed by atoms with Crippen LogP contribution in [0.2, 0.25) is 0 Å². The summed E-state index contributed by atoms with van der Waals surface area (Å²) >= 11 is 0.581. The van der Waals surface area contributed by atoms with Crippen LogP contribution in [-0.4, -0.2) is 32.4 Å². The summed E-state index contributed by atoms with van der Waals surface area (Å²) < 4.78 is 46.3. The molecule has 0 aliphatic heterocycles. The van der Waals surface area contributed by atoms with Crippen LogP contribution in [0.15, 0.2) is 17.0 Å². The van der Waals surface area contributed by atoms with Gasteiger partial charge in [-0.2, -0.15) is 13.2 Å². The maximum absolute atomic E-state index is 12.2. The van der Waals surface area contributed by atoms with Gasteiger partial charge in [0.1, 0.15) is 11.5 Å². The van der Waals surface area contributed by atoms with Crippen molar-refractivity contribution in [1.29, 1.82) is 0 Å². The van der Waals surface area contributed by atoms with Crippen LogP contribution in [0, 0.1) is 0 Å². The number of rotatable bonds is 5. The van der Waals surface area contributed by atoms with Crippen LogP contribution in [0.5, 0.6) is 11.5 Å². The zero-order chi connectivity index (χ0) is 13.8. The van der Waals surface area contributed by atoms with E-state index in [-0.39, 0.29) is 22.0 Å². The monoisotopic (exact) mass is 280 g/mol. The topological polar surface area (TPSA) is 35.5 Å². The van der Waals surface area contributed by atoms with E-state index in [4.69, 9.17) is 9.47 Å². The Kier molecular flexibility index (Phi) is 4.89. The Morgan fingerprint density at radius 1 is 1.22 bits per heavy atom. The predicted octanol–water partition coefficient (Wildman–Crippen LogP) is 3.17. The molecule has 0 amide bonds. The van der Waals surface area contributed by atoms with E-state index in [0.717, 1.165) is 0 Å². The molecule has 0 aliphatic carbocycles. The molecule has 0 fully saturated rings. The molecule has 0 saturated carbocycles. The Labute approximate surface area is 106 Å². The molecule has 0 bridgehead atoms. The van der Waals surface area contributed by atoms with E-state index >= 15 is 0 Å². The number of aldehydes is 1. The lowest BCUT2D eigenvalue weighted by atomic mass is 10.2. The van der Waals surface area contributed by atoms with E-state index in [9.17, 15) is 18.0 Å². The Morgan fingerprint density at radius 2 is 1.83 bits per heavy atom. The van der Waals surface area contributed by atoms with Crippen LogP contribution in [0.3, 0.4) is 0 Å². The van der Waals surface area contributed by atoms with Gasteiger partial charge < -0.3 is 9.47 Å². The molecule has 1 aromatic rings. The number of hydrogen-bond acceptors (Lipinski definition) is 4. The molecule has 0 aliphatic rings. The number of carbonyl (C=O) groups is 1. The molecule has 0 unspecified atom stereocenters. The molecular formula is C11H11F3O3S. The summed E-state index contributed by atoms with van der Waals surface area (Å²) in [5.41, 5.74) is 0.228. The van der Waals surface area contributed by atoms with Gasteiger partial charge in [-0.05, 0) is 12.1 Å². The summed E-state index contributed by atoms with van der Waals surface area (Å²) in [6.07, 6.45) is -3.72. The van der Waals surface area contributed by atoms with Crippen LogP contribution >= 0.6 is 11.8 Å². The first kappa shape index (κ1) is 14.7. The molecule has 1 aromatic carbocycles. The van der Waals surface area contributed by atoms with Crippen molar-refractivity contribution < 1.29 is 27.4 Å². The third-order valence-corrected chi connectivity index (χ3v) is 3.14. The van der Waals surface area contributed by atoms with Gasteiger partial charge in [0.25, 0.3) is 0 Å². The van der Waals surface area contributed by atoms with Crippen molar-refractivity contribution >= 4 is 18.0 Å². The largest absolute Gasteiger partial charge is 0.496 e. The number of methoxy groups -OCH3 is 2. The Balaban J connectivity index is 3.05. The first-order valence-electron chi connectivity index (χ1n) is 4.82. The second-order valence-corrected chi connectivity index (χ2v) is 4.28. The molecule has 1 rings (SSSR count). The lowest BCUT2D eigenvalue weighted by Gasteiger charge is -2.13. The highest BCUT2D eigenvalue weighted by atomic mass is 32.2. The summed E-state index contributed by atoms with van der Waals surface area (Å²) in [7, 11) is 2.67. The minimum atomic E-state index is -4.27. The zero-order valence-electron chi connectivity index (χ0n) is 9.71. The van der Waals surface area contributed by atoms with E-state index in [1.54, 1.807) is 0 Å². The standard InChI is InChI=1S/C11H11F3O3S/c1-16-8-4-10(18-6-11(12,13)14)9(17-2)3-7(8)5-15/h3-5H,6H2,1-2H3. The summed E-state index contributed by atoms with van der Waals surface area (Å²) in [6.45, 7) is 0. The highest BCUT2D eigenvalue weighted by molar-refractivity contribution is 7.99. The molecule has 0 aromatic heterocycles. The fourth-order valence-corrected chi connectivity index (χ4v) is 2.05. The number of halogens is 3. The van der Waals surface area contributed by atoms with Gasteiger partial charge in [-0.15, -0.1) is 11.8 Å². The van der Waals surface area contributed by atoms with Gasteiger partial charge in [-0.25, -0.2) is 0 Å². The number of carbonyl (C=O) groups excluding carboxylic acids is 1.